The molecule has 1 heterocycles. The molecule has 1 saturated heterocycles. The Kier molecular flexibility index (Phi) is 4.25. The number of nitrogens with one attached hydrogen (secondary N) is 1. The van der Waals surface area contributed by atoms with E-state index in [1.165, 1.54) is 0 Å². The van der Waals surface area contributed by atoms with E-state index in [1.54, 1.807) is 16.7 Å². The van der Waals surface area contributed by atoms with Crippen molar-refractivity contribution < 1.29 is 9.59 Å². The lowest BCUT2D eigenvalue weighted by Gasteiger charge is -2.14. The number of benzene rings is 1. The monoisotopic (exact) mass is 264 g/mol. The summed E-state index contributed by atoms with van der Waals surface area (Å²) in [6.45, 7) is 2.69. The molecule has 0 unspecified atom stereocenters. The van der Waals surface area contributed by atoms with Crippen molar-refractivity contribution in [2.24, 2.45) is 0 Å². The fourth-order valence-electron chi connectivity index (χ4n) is 1.77. The number of nitrogens with zero attached hydrogens (tertiary/aromatic N) is 1. The van der Waals surface area contributed by atoms with E-state index in [1.807, 2.05) is 31.2 Å². The minimum absolute atomic E-state index is 0.0473. The van der Waals surface area contributed by atoms with Crippen molar-refractivity contribution in [2.75, 3.05) is 18.2 Å². The maximum Gasteiger partial charge on any atom is 0.239 e. The van der Waals surface area contributed by atoms with Crippen molar-refractivity contribution in [3.05, 3.63) is 35.4 Å². The van der Waals surface area contributed by atoms with Crippen molar-refractivity contribution in [2.45, 2.75) is 13.5 Å². The molecule has 1 aliphatic heterocycles. The van der Waals surface area contributed by atoms with Crippen LogP contribution in [0.2, 0.25) is 0 Å². The molecule has 0 radical (unpaired) electrons. The number of hydrogen-bond donors (Lipinski definition) is 1. The third-order valence-corrected chi connectivity index (χ3v) is 3.84. The van der Waals surface area contributed by atoms with Crippen LogP contribution in [0.5, 0.6) is 0 Å². The van der Waals surface area contributed by atoms with Gasteiger partial charge in [-0.25, -0.2) is 0 Å². The fraction of sp³-hybridized carbons (Fsp3) is 0.385. The van der Waals surface area contributed by atoms with Gasteiger partial charge in [-0.3, -0.25) is 9.59 Å². The highest BCUT2D eigenvalue weighted by Gasteiger charge is 2.22. The first-order chi connectivity index (χ1) is 8.66. The Morgan fingerprint density at radius 3 is 2.89 bits per heavy atom. The molecule has 18 heavy (non-hydrogen) atoms. The van der Waals surface area contributed by atoms with Gasteiger partial charge in [-0.05, 0) is 18.1 Å². The molecule has 1 aliphatic rings. The second kappa shape index (κ2) is 5.91. The Morgan fingerprint density at radius 2 is 2.22 bits per heavy atom. The number of aryl methyl sites for hydroxylation is 1. The van der Waals surface area contributed by atoms with E-state index < -0.39 is 0 Å². The summed E-state index contributed by atoms with van der Waals surface area (Å²) in [5, 5.41) is 2.85. The molecule has 2 rings (SSSR count). The van der Waals surface area contributed by atoms with Crippen LogP contribution in [0.1, 0.15) is 11.1 Å². The van der Waals surface area contributed by atoms with E-state index in [0.29, 0.717) is 18.2 Å². The van der Waals surface area contributed by atoms with Gasteiger partial charge < -0.3 is 10.2 Å². The van der Waals surface area contributed by atoms with E-state index in [-0.39, 0.29) is 18.4 Å². The minimum atomic E-state index is -0.103. The smallest absolute Gasteiger partial charge is 0.239 e. The predicted molar refractivity (Wildman–Crippen MR) is 72.1 cm³/mol. The Morgan fingerprint density at radius 1 is 1.44 bits per heavy atom. The van der Waals surface area contributed by atoms with Crippen LogP contribution in [0, 0.1) is 6.92 Å². The van der Waals surface area contributed by atoms with Crippen LogP contribution in [0.4, 0.5) is 0 Å². The second-order valence-electron chi connectivity index (χ2n) is 4.27. The van der Waals surface area contributed by atoms with E-state index in [0.717, 1.165) is 11.1 Å². The molecule has 4 nitrogen and oxygen atoms in total. The molecule has 0 spiro atoms. The normalized spacial score (nSPS) is 14.9. The number of amides is 2. The zero-order valence-corrected chi connectivity index (χ0v) is 11.1. The lowest BCUT2D eigenvalue weighted by Crippen LogP contribution is -2.37. The number of carbonyl (C=O) groups excluding carboxylic acids is 2. The molecule has 0 aromatic heterocycles. The zero-order chi connectivity index (χ0) is 13.0. The first kappa shape index (κ1) is 13.0. The number of carbonyl (C=O) groups is 2. The van der Waals surface area contributed by atoms with Crippen LogP contribution in [0.3, 0.4) is 0 Å². The molecule has 1 N–H and O–H groups in total. The lowest BCUT2D eigenvalue weighted by atomic mass is 10.1. The van der Waals surface area contributed by atoms with E-state index in [9.17, 15) is 9.59 Å². The average molecular weight is 264 g/mol. The molecule has 0 atom stereocenters. The Hall–Kier alpha value is -1.49. The summed E-state index contributed by atoms with van der Waals surface area (Å²) in [5.41, 5.74) is 2.26. The maximum atomic E-state index is 11.7. The Labute approximate surface area is 111 Å². The summed E-state index contributed by atoms with van der Waals surface area (Å²) in [6, 6.07) is 7.94. The van der Waals surface area contributed by atoms with Crippen molar-refractivity contribution in [3.63, 3.8) is 0 Å². The largest absolute Gasteiger partial charge is 0.350 e. The first-order valence-corrected chi connectivity index (χ1v) is 6.99. The third-order valence-electron chi connectivity index (χ3n) is 2.90. The van der Waals surface area contributed by atoms with Gasteiger partial charge in [0.1, 0.15) is 6.54 Å². The van der Waals surface area contributed by atoms with Crippen LogP contribution in [-0.4, -0.2) is 34.9 Å². The molecule has 96 valence electrons. The highest BCUT2D eigenvalue weighted by molar-refractivity contribution is 8.00. The van der Waals surface area contributed by atoms with Crippen molar-refractivity contribution in [1.82, 2.24) is 10.2 Å². The van der Waals surface area contributed by atoms with Crippen molar-refractivity contribution >= 4 is 23.6 Å². The second-order valence-corrected chi connectivity index (χ2v) is 5.23. The van der Waals surface area contributed by atoms with Gasteiger partial charge >= 0.3 is 0 Å². The molecule has 0 saturated carbocycles. The summed E-state index contributed by atoms with van der Waals surface area (Å²) >= 11 is 1.55. The Bertz CT molecular complexity index is 462. The van der Waals surface area contributed by atoms with Gasteiger partial charge in [0.25, 0.3) is 0 Å². The van der Waals surface area contributed by atoms with Gasteiger partial charge in [-0.1, -0.05) is 24.3 Å². The standard InChI is InChI=1S/C13H16N2O2S/c1-10-4-2-3-5-11(10)6-14-12(16)7-15-9-18-8-13(15)17/h2-5H,6-9H2,1H3,(H,14,16). The molecular weight excluding hydrogens is 248 g/mol. The van der Waals surface area contributed by atoms with Gasteiger partial charge in [0.05, 0.1) is 11.6 Å². The quantitative estimate of drug-likeness (QED) is 0.887. The summed E-state index contributed by atoms with van der Waals surface area (Å²) in [5.74, 6) is 1.06. The van der Waals surface area contributed by atoms with Crippen LogP contribution in [0.25, 0.3) is 0 Å². The van der Waals surface area contributed by atoms with Crippen molar-refractivity contribution in [1.29, 1.82) is 0 Å². The molecule has 5 heteroatoms. The summed E-state index contributed by atoms with van der Waals surface area (Å²) in [4.78, 5) is 24.7. The molecule has 0 bridgehead atoms. The average Bonchev–Trinajstić information content (AvgIpc) is 2.74. The molecular formula is C13H16N2O2S. The number of thioether (sulfide) groups is 1. The van der Waals surface area contributed by atoms with Gasteiger partial charge in [-0.2, -0.15) is 0 Å². The van der Waals surface area contributed by atoms with Gasteiger partial charge in [0.2, 0.25) is 11.8 Å². The predicted octanol–water partition coefficient (Wildman–Crippen LogP) is 1.14. The number of hydrogen-bond acceptors (Lipinski definition) is 3. The van der Waals surface area contributed by atoms with Crippen LogP contribution in [0.15, 0.2) is 24.3 Å². The van der Waals surface area contributed by atoms with Crippen LogP contribution < -0.4 is 5.32 Å². The third kappa shape index (κ3) is 3.26. The highest BCUT2D eigenvalue weighted by Crippen LogP contribution is 2.14. The first-order valence-electron chi connectivity index (χ1n) is 5.83. The molecule has 1 fully saturated rings. The summed E-state index contributed by atoms with van der Waals surface area (Å²) in [7, 11) is 0. The van der Waals surface area contributed by atoms with E-state index in [2.05, 4.69) is 5.32 Å². The van der Waals surface area contributed by atoms with Crippen LogP contribution in [-0.2, 0) is 16.1 Å². The van der Waals surface area contributed by atoms with Crippen LogP contribution >= 0.6 is 11.8 Å². The maximum absolute atomic E-state index is 11.7. The van der Waals surface area contributed by atoms with Crippen molar-refractivity contribution in [3.8, 4) is 0 Å². The van der Waals surface area contributed by atoms with E-state index >= 15 is 0 Å². The molecule has 0 aliphatic carbocycles. The summed E-state index contributed by atoms with van der Waals surface area (Å²) in [6.07, 6.45) is 0. The van der Waals surface area contributed by atoms with Gasteiger partial charge in [-0.15, -0.1) is 11.8 Å². The molecule has 1 aromatic rings. The highest BCUT2D eigenvalue weighted by atomic mass is 32.2. The lowest BCUT2D eigenvalue weighted by molar-refractivity contribution is -0.132. The fourth-order valence-corrected chi connectivity index (χ4v) is 2.68. The zero-order valence-electron chi connectivity index (χ0n) is 10.3. The Balaban J connectivity index is 1.82. The molecule has 2 amide bonds. The molecule has 1 aromatic carbocycles. The minimum Gasteiger partial charge on any atom is -0.350 e. The van der Waals surface area contributed by atoms with Gasteiger partial charge in [0, 0.05) is 6.54 Å². The SMILES string of the molecule is Cc1ccccc1CNC(=O)CN1CSCC1=O. The number of rotatable bonds is 4. The van der Waals surface area contributed by atoms with Gasteiger partial charge in [0.15, 0.2) is 0 Å². The topological polar surface area (TPSA) is 49.4 Å². The summed E-state index contributed by atoms with van der Waals surface area (Å²) < 4.78 is 0. The van der Waals surface area contributed by atoms with E-state index in [4.69, 9.17) is 0 Å².